The predicted octanol–water partition coefficient (Wildman–Crippen LogP) is 1.67. The number of carbonyl (C=O) groups excluding carboxylic acids is 1. The van der Waals surface area contributed by atoms with E-state index < -0.39 is 5.97 Å². The van der Waals surface area contributed by atoms with E-state index in [0.717, 1.165) is 17.8 Å². The highest BCUT2D eigenvalue weighted by Crippen LogP contribution is 2.13. The van der Waals surface area contributed by atoms with Crippen molar-refractivity contribution in [3.05, 3.63) is 48.0 Å². The van der Waals surface area contributed by atoms with Gasteiger partial charge in [0.2, 0.25) is 5.82 Å². The van der Waals surface area contributed by atoms with Crippen LogP contribution in [-0.2, 0) is 10.2 Å². The molecule has 2 radical (unpaired) electrons. The van der Waals surface area contributed by atoms with Crippen LogP contribution in [0.1, 0.15) is 23.2 Å². The molecule has 0 aliphatic carbocycles. The summed E-state index contributed by atoms with van der Waals surface area (Å²) >= 11 is 1.95. The molecule has 0 unspecified atom stereocenters. The molecule has 17 heavy (non-hydrogen) atoms. The number of hydrogen-bond donors (Lipinski definition) is 0. The Labute approximate surface area is 108 Å². The van der Waals surface area contributed by atoms with Gasteiger partial charge < -0.3 is 3.79 Å². The Hall–Kier alpha value is -1.57. The summed E-state index contributed by atoms with van der Waals surface area (Å²) in [6.45, 7) is 1.99. The average Bonchev–Trinajstić information content (AvgIpc) is 2.83. The van der Waals surface area contributed by atoms with Crippen LogP contribution in [0.4, 0.5) is 0 Å². The summed E-state index contributed by atoms with van der Waals surface area (Å²) in [7, 11) is 0. The van der Waals surface area contributed by atoms with Gasteiger partial charge in [-0.25, -0.2) is 9.78 Å². The third kappa shape index (κ3) is 2.41. The lowest BCUT2D eigenvalue weighted by Gasteiger charge is -2.06. The van der Waals surface area contributed by atoms with Gasteiger partial charge in [-0.05, 0) is 18.6 Å². The minimum atomic E-state index is -0.460. The Morgan fingerprint density at radius 3 is 2.71 bits per heavy atom. The van der Waals surface area contributed by atoms with Crippen LogP contribution in [0, 0.1) is 0 Å². The lowest BCUT2D eigenvalue weighted by atomic mass is 10.3. The monoisotopic (exact) mass is 242 g/mol. The SMILES string of the molecule is CCc1cn(-c2ccccc2)c(C(=O)[O][Al])n1. The van der Waals surface area contributed by atoms with Crippen molar-refractivity contribution < 1.29 is 8.58 Å². The number of nitrogens with zero attached hydrogens (tertiary/aromatic N) is 2. The molecule has 0 bridgehead atoms. The van der Waals surface area contributed by atoms with E-state index in [0.29, 0.717) is 5.82 Å². The molecule has 4 nitrogen and oxygen atoms in total. The Bertz CT molecular complexity index is 523. The summed E-state index contributed by atoms with van der Waals surface area (Å²) in [6.07, 6.45) is 2.63. The van der Waals surface area contributed by atoms with Crippen molar-refractivity contribution in [3.63, 3.8) is 0 Å². The lowest BCUT2D eigenvalue weighted by Crippen LogP contribution is -2.10. The molecule has 0 fully saturated rings. The first kappa shape index (κ1) is 11.9. The minimum absolute atomic E-state index is 0.294. The van der Waals surface area contributed by atoms with Crippen molar-refractivity contribution in [1.29, 1.82) is 0 Å². The summed E-state index contributed by atoms with van der Waals surface area (Å²) in [5.74, 6) is -0.165. The molecule has 0 atom stereocenters. The summed E-state index contributed by atoms with van der Waals surface area (Å²) in [5, 5.41) is 0. The fourth-order valence-electron chi connectivity index (χ4n) is 1.58. The number of aryl methyl sites for hydroxylation is 1. The van der Waals surface area contributed by atoms with Crippen LogP contribution in [-0.4, -0.2) is 32.1 Å². The Morgan fingerprint density at radius 1 is 1.41 bits per heavy atom. The zero-order valence-corrected chi connectivity index (χ0v) is 10.6. The van der Waals surface area contributed by atoms with Crippen molar-refractivity contribution in [2.45, 2.75) is 13.3 Å². The predicted molar refractivity (Wildman–Crippen MR) is 64.1 cm³/mol. The topological polar surface area (TPSA) is 44.1 Å². The number of hydrogen-bond acceptors (Lipinski definition) is 3. The molecule has 1 aromatic heterocycles. The van der Waals surface area contributed by atoms with Crippen LogP contribution < -0.4 is 0 Å². The zero-order chi connectivity index (χ0) is 12.3. The van der Waals surface area contributed by atoms with E-state index in [1.807, 2.05) is 60.1 Å². The highest BCUT2D eigenvalue weighted by atomic mass is 27.1. The maximum absolute atomic E-state index is 11.6. The fraction of sp³-hybridized carbons (Fsp3) is 0.167. The molecule has 0 aliphatic heterocycles. The second-order valence-corrected chi connectivity index (χ2v) is 3.76. The fourth-order valence-corrected chi connectivity index (χ4v) is 1.69. The van der Waals surface area contributed by atoms with E-state index in [-0.39, 0.29) is 0 Å². The highest BCUT2D eigenvalue weighted by Gasteiger charge is 2.15. The van der Waals surface area contributed by atoms with Crippen LogP contribution in [0.2, 0.25) is 0 Å². The van der Waals surface area contributed by atoms with Crippen molar-refractivity contribution in [1.82, 2.24) is 9.55 Å². The molecule has 0 amide bonds. The van der Waals surface area contributed by atoms with E-state index >= 15 is 0 Å². The Morgan fingerprint density at radius 2 is 2.12 bits per heavy atom. The van der Waals surface area contributed by atoms with Gasteiger partial charge in [0.05, 0.1) is 5.69 Å². The largest absolute Gasteiger partial charge is 0.622 e. The maximum Gasteiger partial charge on any atom is 0.485 e. The standard InChI is InChI=1S/C12H12N2O2.Al/c1-2-9-8-14(11(13-9)12(15)16)10-6-4-3-5-7-10;/h3-8H,2H2,1H3,(H,15,16);/q;+1/p-1. The molecule has 0 N–H and O–H groups in total. The van der Waals surface area contributed by atoms with Gasteiger partial charge in [-0.2, -0.15) is 0 Å². The van der Waals surface area contributed by atoms with Crippen molar-refractivity contribution >= 4 is 22.6 Å². The molecular weight excluding hydrogens is 231 g/mol. The number of imidazole rings is 1. The summed E-state index contributed by atoms with van der Waals surface area (Å²) in [5.41, 5.74) is 1.75. The lowest BCUT2D eigenvalue weighted by molar-refractivity contribution is 0.0735. The number of para-hydroxylation sites is 1. The molecule has 2 rings (SSSR count). The summed E-state index contributed by atoms with van der Waals surface area (Å²) in [4.78, 5) is 15.9. The molecule has 0 saturated heterocycles. The first-order chi connectivity index (χ1) is 8.26. The quantitative estimate of drug-likeness (QED) is 0.769. The first-order valence-corrected chi connectivity index (χ1v) is 5.78. The van der Waals surface area contributed by atoms with Gasteiger partial charge in [0.1, 0.15) is 0 Å². The van der Waals surface area contributed by atoms with Gasteiger partial charge in [-0.1, -0.05) is 25.1 Å². The second kappa shape index (κ2) is 5.17. The van der Waals surface area contributed by atoms with E-state index in [2.05, 4.69) is 8.77 Å². The molecule has 5 heteroatoms. The second-order valence-electron chi connectivity index (χ2n) is 3.52. The average molecular weight is 242 g/mol. The van der Waals surface area contributed by atoms with E-state index in [1.165, 1.54) is 0 Å². The number of rotatable bonds is 3. The van der Waals surface area contributed by atoms with Crippen LogP contribution in [0.15, 0.2) is 36.5 Å². The number of benzene rings is 1. The third-order valence-corrected chi connectivity index (χ3v) is 2.66. The highest BCUT2D eigenvalue weighted by molar-refractivity contribution is 6.08. The molecule has 0 aliphatic rings. The molecule has 1 aromatic carbocycles. The Balaban J connectivity index is 2.52. The molecule has 2 aromatic rings. The van der Waals surface area contributed by atoms with E-state index in [1.54, 1.807) is 4.57 Å². The van der Waals surface area contributed by atoms with Crippen molar-refractivity contribution in [3.8, 4) is 5.69 Å². The van der Waals surface area contributed by atoms with Gasteiger partial charge in [-0.15, -0.1) is 0 Å². The van der Waals surface area contributed by atoms with E-state index in [9.17, 15) is 4.79 Å². The Kier molecular flexibility index (Phi) is 3.62. The molecule has 0 spiro atoms. The number of aromatic nitrogens is 2. The van der Waals surface area contributed by atoms with Gasteiger partial charge in [0.15, 0.2) is 0 Å². The molecule has 1 heterocycles. The van der Waals surface area contributed by atoms with Crippen molar-refractivity contribution in [2.24, 2.45) is 0 Å². The molecular formula is C12H11AlN2O2. The summed E-state index contributed by atoms with van der Waals surface area (Å²) < 4.78 is 6.39. The normalized spacial score (nSPS) is 10.2. The minimum Gasteiger partial charge on any atom is -0.622 e. The van der Waals surface area contributed by atoms with Crippen LogP contribution in [0.5, 0.6) is 0 Å². The van der Waals surface area contributed by atoms with Gasteiger partial charge in [-0.3, -0.25) is 4.57 Å². The smallest absolute Gasteiger partial charge is 0.485 e. The zero-order valence-electron chi connectivity index (χ0n) is 9.46. The van der Waals surface area contributed by atoms with Crippen LogP contribution >= 0.6 is 0 Å². The third-order valence-electron chi connectivity index (χ3n) is 2.44. The molecule has 0 saturated carbocycles. The van der Waals surface area contributed by atoms with Crippen LogP contribution in [0.25, 0.3) is 5.69 Å². The first-order valence-electron chi connectivity index (χ1n) is 5.31. The van der Waals surface area contributed by atoms with Crippen molar-refractivity contribution in [2.75, 3.05) is 0 Å². The molecule has 84 valence electrons. The van der Waals surface area contributed by atoms with E-state index in [4.69, 9.17) is 0 Å². The summed E-state index contributed by atoms with van der Waals surface area (Å²) in [6, 6.07) is 9.59. The van der Waals surface area contributed by atoms with Gasteiger partial charge in [0.25, 0.3) is 0 Å². The number of carbonyl (C=O) groups is 1. The van der Waals surface area contributed by atoms with Gasteiger partial charge in [0, 0.05) is 11.9 Å². The van der Waals surface area contributed by atoms with Gasteiger partial charge >= 0.3 is 22.6 Å². The maximum atomic E-state index is 11.6. The van der Waals surface area contributed by atoms with Crippen LogP contribution in [0.3, 0.4) is 0 Å².